The van der Waals surface area contributed by atoms with Crippen LogP contribution in [0.2, 0.25) is 0 Å². The Morgan fingerprint density at radius 1 is 1.27 bits per heavy atom. The Morgan fingerprint density at radius 2 is 1.93 bits per heavy atom. The highest BCUT2D eigenvalue weighted by Crippen LogP contribution is 2.44. The summed E-state index contributed by atoms with van der Waals surface area (Å²) in [4.78, 5) is 0. The maximum atomic E-state index is 6.30. The number of nitrogens with two attached hydrogens (primary N) is 1. The van der Waals surface area contributed by atoms with Gasteiger partial charge in [-0.25, -0.2) is 0 Å². The molecule has 0 heterocycles. The minimum Gasteiger partial charge on any atom is -0.327 e. The topological polar surface area (TPSA) is 26.0 Å². The maximum Gasteiger partial charge on any atom is 0.0110 e. The SMILES string of the molecule is CCCC(N)C(c1ccccc1)C1CC1. The molecule has 1 fully saturated rings. The molecule has 0 aliphatic heterocycles. The normalized spacial score (nSPS) is 19.9. The first-order valence-corrected chi connectivity index (χ1v) is 6.13. The Morgan fingerprint density at radius 3 is 2.47 bits per heavy atom. The summed E-state index contributed by atoms with van der Waals surface area (Å²) in [6, 6.07) is 11.2. The molecule has 0 radical (unpaired) electrons. The van der Waals surface area contributed by atoms with Crippen LogP contribution in [-0.2, 0) is 0 Å². The Labute approximate surface area is 92.7 Å². The molecule has 1 heteroatoms. The van der Waals surface area contributed by atoms with E-state index in [1.807, 2.05) is 0 Å². The summed E-state index contributed by atoms with van der Waals surface area (Å²) < 4.78 is 0. The Balaban J connectivity index is 2.12. The van der Waals surface area contributed by atoms with E-state index in [0.717, 1.165) is 12.3 Å². The number of rotatable bonds is 5. The van der Waals surface area contributed by atoms with Crippen LogP contribution >= 0.6 is 0 Å². The molecule has 2 atom stereocenters. The first-order valence-electron chi connectivity index (χ1n) is 6.13. The molecule has 0 aromatic heterocycles. The predicted octanol–water partition coefficient (Wildman–Crippen LogP) is 3.31. The molecule has 15 heavy (non-hydrogen) atoms. The Bertz CT molecular complexity index is 289. The molecule has 0 amide bonds. The van der Waals surface area contributed by atoms with E-state index >= 15 is 0 Å². The number of benzene rings is 1. The summed E-state index contributed by atoms with van der Waals surface area (Å²) in [5.74, 6) is 1.46. The summed E-state index contributed by atoms with van der Waals surface area (Å²) in [7, 11) is 0. The van der Waals surface area contributed by atoms with Gasteiger partial charge in [-0.3, -0.25) is 0 Å². The molecule has 0 spiro atoms. The highest BCUT2D eigenvalue weighted by molar-refractivity contribution is 5.23. The smallest absolute Gasteiger partial charge is 0.0110 e. The van der Waals surface area contributed by atoms with Gasteiger partial charge in [0.05, 0.1) is 0 Å². The molecule has 1 aromatic carbocycles. The lowest BCUT2D eigenvalue weighted by atomic mass is 9.85. The van der Waals surface area contributed by atoms with Crippen molar-refractivity contribution in [3.8, 4) is 0 Å². The van der Waals surface area contributed by atoms with Gasteiger partial charge in [0.1, 0.15) is 0 Å². The molecule has 2 unspecified atom stereocenters. The molecule has 1 saturated carbocycles. The molecule has 82 valence electrons. The van der Waals surface area contributed by atoms with Crippen LogP contribution < -0.4 is 5.73 Å². The van der Waals surface area contributed by atoms with Crippen LogP contribution in [-0.4, -0.2) is 6.04 Å². The zero-order chi connectivity index (χ0) is 10.7. The molecule has 1 aliphatic rings. The van der Waals surface area contributed by atoms with Crippen molar-refractivity contribution in [1.82, 2.24) is 0 Å². The molecule has 1 aromatic rings. The minimum absolute atomic E-state index is 0.352. The third-order valence-electron chi connectivity index (χ3n) is 3.40. The second-order valence-electron chi connectivity index (χ2n) is 4.73. The average molecular weight is 203 g/mol. The summed E-state index contributed by atoms with van der Waals surface area (Å²) >= 11 is 0. The molecule has 2 N–H and O–H groups in total. The lowest BCUT2D eigenvalue weighted by molar-refractivity contribution is 0.453. The van der Waals surface area contributed by atoms with Gasteiger partial charge in [-0.1, -0.05) is 43.7 Å². The van der Waals surface area contributed by atoms with Crippen molar-refractivity contribution < 1.29 is 0 Å². The van der Waals surface area contributed by atoms with Crippen LogP contribution in [0.4, 0.5) is 0 Å². The third-order valence-corrected chi connectivity index (χ3v) is 3.40. The van der Waals surface area contributed by atoms with Crippen molar-refractivity contribution in [2.45, 2.75) is 44.6 Å². The lowest BCUT2D eigenvalue weighted by Gasteiger charge is -2.23. The van der Waals surface area contributed by atoms with Crippen LogP contribution in [0.5, 0.6) is 0 Å². The van der Waals surface area contributed by atoms with Gasteiger partial charge in [0.2, 0.25) is 0 Å². The van der Waals surface area contributed by atoms with Crippen LogP contribution in [0, 0.1) is 5.92 Å². The van der Waals surface area contributed by atoms with Crippen LogP contribution in [0.15, 0.2) is 30.3 Å². The van der Waals surface area contributed by atoms with E-state index < -0.39 is 0 Å². The zero-order valence-electron chi connectivity index (χ0n) is 9.52. The zero-order valence-corrected chi connectivity index (χ0v) is 9.52. The fourth-order valence-corrected chi connectivity index (χ4v) is 2.51. The number of hydrogen-bond acceptors (Lipinski definition) is 1. The van der Waals surface area contributed by atoms with E-state index in [2.05, 4.69) is 37.3 Å². The predicted molar refractivity (Wildman–Crippen MR) is 64.8 cm³/mol. The summed E-state index contributed by atoms with van der Waals surface area (Å²) in [6.07, 6.45) is 5.08. The van der Waals surface area contributed by atoms with Crippen LogP contribution in [0.3, 0.4) is 0 Å². The van der Waals surface area contributed by atoms with Crippen molar-refractivity contribution in [3.63, 3.8) is 0 Å². The molecule has 0 bridgehead atoms. The van der Waals surface area contributed by atoms with Crippen LogP contribution in [0.25, 0.3) is 0 Å². The van der Waals surface area contributed by atoms with Gasteiger partial charge < -0.3 is 5.73 Å². The minimum atomic E-state index is 0.352. The molecule has 1 nitrogen and oxygen atoms in total. The van der Waals surface area contributed by atoms with Crippen molar-refractivity contribution in [1.29, 1.82) is 0 Å². The van der Waals surface area contributed by atoms with Gasteiger partial charge in [0.15, 0.2) is 0 Å². The van der Waals surface area contributed by atoms with E-state index in [1.165, 1.54) is 24.8 Å². The van der Waals surface area contributed by atoms with Crippen molar-refractivity contribution in [2.75, 3.05) is 0 Å². The monoisotopic (exact) mass is 203 g/mol. The van der Waals surface area contributed by atoms with Gasteiger partial charge in [-0.15, -0.1) is 0 Å². The van der Waals surface area contributed by atoms with E-state index in [-0.39, 0.29) is 0 Å². The average Bonchev–Trinajstić information content (AvgIpc) is 3.04. The standard InChI is InChI=1S/C14H21N/c1-2-6-13(15)14(12-9-10-12)11-7-4-3-5-8-11/h3-5,7-8,12-14H,2,6,9-10,15H2,1H3. The second kappa shape index (κ2) is 4.80. The Hall–Kier alpha value is -0.820. The molecular weight excluding hydrogens is 182 g/mol. The largest absolute Gasteiger partial charge is 0.327 e. The first kappa shape index (κ1) is 10.7. The molecular formula is C14H21N. The number of hydrogen-bond donors (Lipinski definition) is 1. The van der Waals surface area contributed by atoms with Crippen molar-refractivity contribution >= 4 is 0 Å². The fourth-order valence-electron chi connectivity index (χ4n) is 2.51. The molecule has 0 saturated heterocycles. The van der Waals surface area contributed by atoms with E-state index in [9.17, 15) is 0 Å². The maximum absolute atomic E-state index is 6.30. The quantitative estimate of drug-likeness (QED) is 0.780. The van der Waals surface area contributed by atoms with Gasteiger partial charge in [0.25, 0.3) is 0 Å². The van der Waals surface area contributed by atoms with Gasteiger partial charge in [-0.2, -0.15) is 0 Å². The fraction of sp³-hybridized carbons (Fsp3) is 0.571. The molecule has 1 aliphatic carbocycles. The first-order chi connectivity index (χ1) is 7.33. The van der Waals surface area contributed by atoms with Gasteiger partial charge >= 0.3 is 0 Å². The highest BCUT2D eigenvalue weighted by Gasteiger charge is 2.35. The second-order valence-corrected chi connectivity index (χ2v) is 4.73. The third kappa shape index (κ3) is 2.60. The highest BCUT2D eigenvalue weighted by atomic mass is 14.7. The van der Waals surface area contributed by atoms with Crippen molar-refractivity contribution in [2.24, 2.45) is 11.7 Å². The summed E-state index contributed by atoms with van der Waals surface area (Å²) in [5, 5.41) is 0. The van der Waals surface area contributed by atoms with Crippen LogP contribution in [0.1, 0.15) is 44.1 Å². The lowest BCUT2D eigenvalue weighted by Crippen LogP contribution is -2.29. The van der Waals surface area contributed by atoms with Crippen molar-refractivity contribution in [3.05, 3.63) is 35.9 Å². The molecule has 2 rings (SSSR count). The van der Waals surface area contributed by atoms with E-state index in [4.69, 9.17) is 5.73 Å². The summed E-state index contributed by atoms with van der Waals surface area (Å²) in [5.41, 5.74) is 7.75. The van der Waals surface area contributed by atoms with E-state index in [0.29, 0.717) is 12.0 Å². The van der Waals surface area contributed by atoms with Gasteiger partial charge in [-0.05, 0) is 30.7 Å². The summed E-state index contributed by atoms with van der Waals surface area (Å²) in [6.45, 7) is 2.22. The van der Waals surface area contributed by atoms with E-state index in [1.54, 1.807) is 0 Å². The Kier molecular flexibility index (Phi) is 3.42. The van der Waals surface area contributed by atoms with Gasteiger partial charge in [0, 0.05) is 12.0 Å².